The van der Waals surface area contributed by atoms with E-state index in [9.17, 15) is 8.78 Å². The lowest BCUT2D eigenvalue weighted by Crippen LogP contribution is -2.53. The highest BCUT2D eigenvalue weighted by Crippen LogP contribution is 2.64. The molecule has 4 bridgehead atoms. The predicted octanol–water partition coefficient (Wildman–Crippen LogP) is 6.40. The highest BCUT2D eigenvalue weighted by atomic mass is 19.1. The van der Waals surface area contributed by atoms with Gasteiger partial charge in [-0.15, -0.1) is 0 Å². The molecule has 7 aliphatic carbocycles. The number of rotatable bonds is 8. The lowest BCUT2D eigenvalue weighted by Gasteiger charge is -2.48. The van der Waals surface area contributed by atoms with E-state index in [1.165, 1.54) is 36.9 Å². The molecule has 0 spiro atoms. The molecule has 7 fully saturated rings. The maximum Gasteiger partial charge on any atom is 0.129 e. The lowest BCUT2D eigenvalue weighted by atomic mass is 9.74. The minimum Gasteiger partial charge on any atom is -0.367 e. The summed E-state index contributed by atoms with van der Waals surface area (Å²) in [5.41, 5.74) is 4.93. The monoisotopic (exact) mass is 543 g/mol. The van der Waals surface area contributed by atoms with E-state index < -0.39 is 12.3 Å². The molecule has 0 N–H and O–H groups in total. The molecule has 40 heavy (non-hydrogen) atoms. The molecule has 9 aliphatic rings. The van der Waals surface area contributed by atoms with E-state index in [4.69, 9.17) is 20.0 Å². The van der Waals surface area contributed by atoms with E-state index in [1.807, 2.05) is 0 Å². The third kappa shape index (κ3) is 3.67. The van der Waals surface area contributed by atoms with E-state index in [2.05, 4.69) is 29.2 Å². The molecular formula is C33H39F2N5. The number of anilines is 1. The minimum absolute atomic E-state index is 0.0878. The van der Waals surface area contributed by atoms with Gasteiger partial charge in [0.25, 0.3) is 0 Å². The fraction of sp³-hybridized carbons (Fsp3) is 0.697. The summed E-state index contributed by atoms with van der Waals surface area (Å²) in [5.74, 6) is 3.63. The number of aliphatic imine (C=N–C) groups is 4. The van der Waals surface area contributed by atoms with Crippen LogP contribution < -0.4 is 4.90 Å². The van der Waals surface area contributed by atoms with Crippen molar-refractivity contribution in [2.45, 2.75) is 89.0 Å². The van der Waals surface area contributed by atoms with Crippen molar-refractivity contribution in [2.75, 3.05) is 24.5 Å². The van der Waals surface area contributed by atoms with E-state index in [1.54, 1.807) is 0 Å². The highest BCUT2D eigenvalue weighted by Gasteiger charge is 2.61. The van der Waals surface area contributed by atoms with Gasteiger partial charge >= 0.3 is 0 Å². The summed E-state index contributed by atoms with van der Waals surface area (Å²) in [6.45, 7) is 2.36. The molecule has 2 heterocycles. The second-order valence-electron chi connectivity index (χ2n) is 14.6. The van der Waals surface area contributed by atoms with Gasteiger partial charge in [0, 0.05) is 47.2 Å². The van der Waals surface area contributed by atoms with Crippen LogP contribution in [-0.2, 0) is 0 Å². The van der Waals surface area contributed by atoms with Gasteiger partial charge in [-0.1, -0.05) is 12.1 Å². The van der Waals surface area contributed by atoms with Crippen molar-refractivity contribution in [1.82, 2.24) is 0 Å². The topological polar surface area (TPSA) is 52.7 Å². The Kier molecular flexibility index (Phi) is 5.17. The van der Waals surface area contributed by atoms with Crippen molar-refractivity contribution in [3.63, 3.8) is 0 Å². The van der Waals surface area contributed by atoms with Crippen molar-refractivity contribution in [3.8, 4) is 0 Å². The van der Waals surface area contributed by atoms with Crippen LogP contribution in [0.1, 0.15) is 76.2 Å². The maximum absolute atomic E-state index is 14.9. The van der Waals surface area contributed by atoms with Crippen LogP contribution in [0.2, 0.25) is 0 Å². The lowest BCUT2D eigenvalue weighted by molar-refractivity contribution is 0.164. The zero-order chi connectivity index (χ0) is 26.6. The molecule has 2 aliphatic heterocycles. The Morgan fingerprint density at radius 3 is 2.48 bits per heavy atom. The summed E-state index contributed by atoms with van der Waals surface area (Å²) in [4.78, 5) is 22.3. The quantitative estimate of drug-likeness (QED) is 0.374. The van der Waals surface area contributed by atoms with Crippen LogP contribution in [0.3, 0.4) is 0 Å². The maximum atomic E-state index is 14.9. The molecular weight excluding hydrogens is 504 g/mol. The van der Waals surface area contributed by atoms with Crippen molar-refractivity contribution in [3.05, 3.63) is 29.8 Å². The molecule has 0 amide bonds. The van der Waals surface area contributed by atoms with Crippen LogP contribution in [0, 0.1) is 34.5 Å². The zero-order valence-electron chi connectivity index (χ0n) is 23.2. The first-order chi connectivity index (χ1) is 19.5. The van der Waals surface area contributed by atoms with Crippen LogP contribution in [-0.4, -0.2) is 61.1 Å². The first kappa shape index (κ1) is 24.2. The molecule has 1 aromatic rings. The van der Waals surface area contributed by atoms with Crippen molar-refractivity contribution in [1.29, 1.82) is 0 Å². The second kappa shape index (κ2) is 8.54. The van der Waals surface area contributed by atoms with Gasteiger partial charge in [0.05, 0.1) is 18.8 Å². The molecule has 4 atom stereocenters. The van der Waals surface area contributed by atoms with Crippen LogP contribution in [0.15, 0.2) is 44.2 Å². The van der Waals surface area contributed by atoms with E-state index in [0.717, 1.165) is 61.7 Å². The Hall–Kier alpha value is -2.44. The number of hydrogen-bond donors (Lipinski definition) is 0. The molecule has 7 heteroatoms. The zero-order valence-corrected chi connectivity index (χ0v) is 23.2. The van der Waals surface area contributed by atoms with Gasteiger partial charge in [-0.2, -0.15) is 0 Å². The van der Waals surface area contributed by atoms with Gasteiger partial charge in [-0.05, 0) is 99.7 Å². The smallest absolute Gasteiger partial charge is 0.129 e. The fourth-order valence-corrected chi connectivity index (χ4v) is 9.54. The number of benzene rings is 1. The molecule has 0 radical (unpaired) electrons. The number of hydrogen-bond acceptors (Lipinski definition) is 5. The first-order valence-corrected chi connectivity index (χ1v) is 15.9. The highest BCUT2D eigenvalue weighted by molar-refractivity contribution is 6.13. The number of alkyl halides is 2. The van der Waals surface area contributed by atoms with Crippen molar-refractivity contribution < 1.29 is 8.78 Å². The Balaban J connectivity index is 0.985. The molecule has 4 unspecified atom stereocenters. The average Bonchev–Trinajstić information content (AvgIpc) is 3.50. The number of amidine groups is 2. The summed E-state index contributed by atoms with van der Waals surface area (Å²) in [6.07, 6.45) is 9.97. The van der Waals surface area contributed by atoms with E-state index in [-0.39, 0.29) is 16.7 Å². The first-order valence-electron chi connectivity index (χ1n) is 15.9. The fourth-order valence-electron chi connectivity index (χ4n) is 9.54. The third-order valence-corrected chi connectivity index (χ3v) is 12.1. The van der Waals surface area contributed by atoms with Crippen LogP contribution in [0.25, 0.3) is 0 Å². The van der Waals surface area contributed by atoms with Crippen LogP contribution in [0.4, 0.5) is 14.5 Å². The van der Waals surface area contributed by atoms with Crippen molar-refractivity contribution >= 4 is 28.8 Å². The standard InChI is InChI=1S/C33H39F2N5/c34-23-10-21(11-23)28-16-37-31(39-28)33-8-6-32(17-33,7-9-33)18-40(29-22-13-25(29)26(35)14-22)24-3-1-2-20(12-24)27-15-36-30(38-27)19-4-5-19/h1-3,12,19,21-23,25-26,29H,4-11,13-18H2. The Labute approximate surface area is 235 Å². The average molecular weight is 544 g/mol. The molecule has 7 saturated carbocycles. The third-order valence-electron chi connectivity index (χ3n) is 12.1. The van der Waals surface area contributed by atoms with E-state index >= 15 is 0 Å². The molecule has 0 aromatic heterocycles. The van der Waals surface area contributed by atoms with Gasteiger partial charge in [0.1, 0.15) is 24.0 Å². The van der Waals surface area contributed by atoms with Gasteiger partial charge in [0.2, 0.25) is 0 Å². The molecule has 1 aromatic carbocycles. The number of fused-ring (bicyclic) bond motifs is 3. The second-order valence-corrected chi connectivity index (χ2v) is 14.6. The molecule has 210 valence electrons. The summed E-state index contributed by atoms with van der Waals surface area (Å²) in [5, 5.41) is 0. The number of halogens is 2. The van der Waals surface area contributed by atoms with Gasteiger partial charge in [-0.3, -0.25) is 9.98 Å². The van der Waals surface area contributed by atoms with E-state index in [0.29, 0.717) is 49.7 Å². The van der Waals surface area contributed by atoms with Gasteiger partial charge in [-0.25, -0.2) is 18.8 Å². The van der Waals surface area contributed by atoms with Crippen LogP contribution in [0.5, 0.6) is 0 Å². The van der Waals surface area contributed by atoms with Crippen molar-refractivity contribution in [2.24, 2.45) is 54.5 Å². The van der Waals surface area contributed by atoms with Gasteiger partial charge in [0.15, 0.2) is 0 Å². The largest absolute Gasteiger partial charge is 0.367 e. The minimum atomic E-state index is -0.658. The summed E-state index contributed by atoms with van der Waals surface area (Å²) in [6, 6.07) is 9.21. The SMILES string of the molecule is FC1CC(C2=NC(C34CCC(CN(c5cccc(C6=NC(C7CC7)=NC6)c5)C5C6CC(F)C5C6)(CC3)C4)=NC2)C1. The van der Waals surface area contributed by atoms with Gasteiger partial charge < -0.3 is 4.90 Å². The summed E-state index contributed by atoms with van der Waals surface area (Å²) >= 11 is 0. The summed E-state index contributed by atoms with van der Waals surface area (Å²) < 4.78 is 28.4. The molecule has 5 nitrogen and oxygen atoms in total. The Morgan fingerprint density at radius 1 is 0.900 bits per heavy atom. The normalized spacial score (nSPS) is 42.8. The molecule has 0 saturated heterocycles. The number of nitrogens with zero attached hydrogens (tertiary/aromatic N) is 5. The van der Waals surface area contributed by atoms with Crippen LogP contribution >= 0.6 is 0 Å². The summed E-state index contributed by atoms with van der Waals surface area (Å²) in [7, 11) is 0. The Morgan fingerprint density at radius 2 is 1.75 bits per heavy atom. The predicted molar refractivity (Wildman–Crippen MR) is 156 cm³/mol. The Bertz CT molecular complexity index is 1360. The molecule has 10 rings (SSSR count).